The minimum Gasteiger partial charge on any atom is -0.337 e. The quantitative estimate of drug-likeness (QED) is 0.664. The molecule has 0 saturated carbocycles. The highest BCUT2D eigenvalue weighted by Crippen LogP contribution is 2.80. The van der Waals surface area contributed by atoms with Gasteiger partial charge in [-0.1, -0.05) is 85.0 Å². The summed E-state index contributed by atoms with van der Waals surface area (Å²) in [6.07, 6.45) is -0.844. The van der Waals surface area contributed by atoms with Crippen molar-refractivity contribution < 1.29 is 4.52 Å². The summed E-state index contributed by atoms with van der Waals surface area (Å²) >= 11 is 6.07. The predicted octanol–water partition coefficient (Wildman–Crippen LogP) is 5.60. The second-order valence-electron chi connectivity index (χ2n) is 6.48. The Hall–Kier alpha value is -1.21. The van der Waals surface area contributed by atoms with Crippen LogP contribution in [-0.2, 0) is 16.3 Å². The Balaban J connectivity index is 1.86. The summed E-state index contributed by atoms with van der Waals surface area (Å²) in [5, 5.41) is 1.32. The van der Waals surface area contributed by atoms with E-state index in [0.29, 0.717) is 0 Å². The summed E-state index contributed by atoms with van der Waals surface area (Å²) in [7, 11) is 0. The molecule has 2 aromatic rings. The second-order valence-corrected chi connectivity index (χ2v) is 10.6. The molecule has 0 aliphatic carbocycles. The van der Waals surface area contributed by atoms with E-state index in [-0.39, 0.29) is 11.5 Å². The minimum atomic E-state index is -1.94. The first-order valence-electron chi connectivity index (χ1n) is 7.64. The van der Waals surface area contributed by atoms with Crippen LogP contribution >= 0.6 is 6.26 Å². The second kappa shape index (κ2) is 4.89. The van der Waals surface area contributed by atoms with Crippen LogP contribution in [0.2, 0.25) is 0 Å². The summed E-state index contributed by atoms with van der Waals surface area (Å²) in [6.45, 7) is 4.58. The Morgan fingerprint density at radius 1 is 1.05 bits per heavy atom. The van der Waals surface area contributed by atoms with Gasteiger partial charge < -0.3 is 4.52 Å². The lowest BCUT2D eigenvalue weighted by Gasteiger charge is -2.34. The lowest BCUT2D eigenvalue weighted by molar-refractivity contribution is 0.150. The molecule has 0 spiro atoms. The van der Waals surface area contributed by atoms with Gasteiger partial charge in [0.1, 0.15) is 0 Å². The molecular weight excluding hydrogens is 307 g/mol. The number of benzene rings is 2. The fourth-order valence-electron chi connectivity index (χ4n) is 3.88. The molecule has 4 rings (SSSR count). The van der Waals surface area contributed by atoms with E-state index in [2.05, 4.69) is 74.5 Å². The van der Waals surface area contributed by atoms with Crippen molar-refractivity contribution in [2.45, 2.75) is 20.0 Å². The van der Waals surface area contributed by atoms with Crippen LogP contribution in [0.5, 0.6) is 0 Å². The van der Waals surface area contributed by atoms with Gasteiger partial charge in [-0.05, 0) is 18.1 Å². The summed E-state index contributed by atoms with van der Waals surface area (Å²) < 4.78 is 6.54. The lowest BCUT2D eigenvalue weighted by atomic mass is 9.76. The Morgan fingerprint density at radius 3 is 2.23 bits per heavy atom. The molecule has 2 heterocycles. The van der Waals surface area contributed by atoms with Gasteiger partial charge >= 0.3 is 0 Å². The molecule has 1 fully saturated rings. The molecular formula is C19H19OPS. The minimum absolute atomic E-state index is 0.0298. The maximum absolute atomic E-state index is 6.54. The molecule has 2 aliphatic rings. The van der Waals surface area contributed by atoms with Crippen LogP contribution in [-0.4, -0.2) is 6.16 Å². The third-order valence-electron chi connectivity index (χ3n) is 5.09. The smallest absolute Gasteiger partial charge is 0.0976 e. The Morgan fingerprint density at radius 2 is 1.64 bits per heavy atom. The van der Waals surface area contributed by atoms with Crippen molar-refractivity contribution in [1.29, 1.82) is 0 Å². The number of hydrogen-bond donors (Lipinski definition) is 0. The third-order valence-corrected chi connectivity index (χ3v) is 9.19. The van der Waals surface area contributed by atoms with Crippen LogP contribution in [0.1, 0.15) is 31.1 Å². The molecule has 2 bridgehead atoms. The van der Waals surface area contributed by atoms with E-state index in [4.69, 9.17) is 16.3 Å². The normalized spacial score (nSPS) is 33.5. The van der Waals surface area contributed by atoms with Crippen molar-refractivity contribution in [2.24, 2.45) is 5.41 Å². The van der Waals surface area contributed by atoms with Crippen LogP contribution in [0.15, 0.2) is 66.2 Å². The van der Waals surface area contributed by atoms with E-state index in [9.17, 15) is 0 Å². The van der Waals surface area contributed by atoms with E-state index >= 15 is 0 Å². The fraction of sp³-hybridized carbons (Fsp3) is 0.263. The first-order chi connectivity index (χ1) is 10.5. The van der Waals surface area contributed by atoms with E-state index in [1.54, 1.807) is 0 Å². The Labute approximate surface area is 137 Å². The molecule has 3 atom stereocenters. The molecule has 1 saturated heterocycles. The predicted molar refractivity (Wildman–Crippen MR) is 96.6 cm³/mol. The molecule has 2 aromatic carbocycles. The lowest BCUT2D eigenvalue weighted by Crippen LogP contribution is -2.24. The zero-order valence-corrected chi connectivity index (χ0v) is 14.5. The Bertz CT molecular complexity index is 797. The van der Waals surface area contributed by atoms with E-state index < -0.39 is 6.26 Å². The monoisotopic (exact) mass is 326 g/mol. The van der Waals surface area contributed by atoms with Crippen LogP contribution in [0.3, 0.4) is 0 Å². The molecule has 112 valence electrons. The van der Waals surface area contributed by atoms with Crippen molar-refractivity contribution in [1.82, 2.24) is 0 Å². The standard InChI is InChI=1S/C19H19OPS/c1-14-17(15-9-5-3-6-10-15)21(22)13-19(14,2)18(20-21)16-11-7-4-8-12-16/h3-12,18H,13H2,1-2H3/t18-,19-,21-/m1/s1. The SMILES string of the molecule is CC1=C(c2ccccc2)[P@]2(=S)C[C@@]1(C)[C@@H](c1ccccc1)O2. The molecule has 22 heavy (non-hydrogen) atoms. The van der Waals surface area contributed by atoms with Gasteiger partial charge in [0, 0.05) is 16.9 Å². The molecule has 0 N–H and O–H groups in total. The molecule has 0 aromatic heterocycles. The van der Waals surface area contributed by atoms with Crippen molar-refractivity contribution in [3.05, 3.63) is 77.4 Å². The molecule has 2 aliphatic heterocycles. The Kier molecular flexibility index (Phi) is 3.20. The first kappa shape index (κ1) is 14.4. The van der Waals surface area contributed by atoms with Gasteiger partial charge in [-0.15, -0.1) is 0 Å². The van der Waals surface area contributed by atoms with Crippen molar-refractivity contribution in [2.75, 3.05) is 6.16 Å². The third kappa shape index (κ3) is 1.91. The summed E-state index contributed by atoms with van der Waals surface area (Å²) in [5.74, 6) is 0. The van der Waals surface area contributed by atoms with Gasteiger partial charge in [0.25, 0.3) is 0 Å². The highest BCUT2D eigenvalue weighted by atomic mass is 32.4. The van der Waals surface area contributed by atoms with E-state index in [1.807, 2.05) is 0 Å². The van der Waals surface area contributed by atoms with Gasteiger partial charge in [0.2, 0.25) is 0 Å². The molecule has 0 amide bonds. The van der Waals surface area contributed by atoms with Gasteiger partial charge in [-0.2, -0.15) is 0 Å². The van der Waals surface area contributed by atoms with Crippen LogP contribution in [0, 0.1) is 5.41 Å². The van der Waals surface area contributed by atoms with E-state index in [1.165, 1.54) is 22.0 Å². The molecule has 0 radical (unpaired) electrons. The van der Waals surface area contributed by atoms with Gasteiger partial charge in [-0.25, -0.2) is 0 Å². The van der Waals surface area contributed by atoms with Crippen LogP contribution < -0.4 is 0 Å². The largest absolute Gasteiger partial charge is 0.337 e. The number of rotatable bonds is 2. The summed E-state index contributed by atoms with van der Waals surface area (Å²) in [5.41, 5.74) is 3.96. The summed E-state index contributed by atoms with van der Waals surface area (Å²) in [4.78, 5) is 0. The zero-order chi connectivity index (χ0) is 15.4. The van der Waals surface area contributed by atoms with Crippen LogP contribution in [0.4, 0.5) is 0 Å². The molecule has 0 unspecified atom stereocenters. The first-order valence-corrected chi connectivity index (χ1v) is 10.5. The van der Waals surface area contributed by atoms with Crippen molar-refractivity contribution in [3.63, 3.8) is 0 Å². The van der Waals surface area contributed by atoms with Gasteiger partial charge in [0.05, 0.1) is 12.4 Å². The summed E-state index contributed by atoms with van der Waals surface area (Å²) in [6, 6.07) is 21.1. The van der Waals surface area contributed by atoms with Gasteiger partial charge in [-0.3, -0.25) is 0 Å². The maximum atomic E-state index is 6.54. The molecule has 1 nitrogen and oxygen atoms in total. The average molecular weight is 326 g/mol. The van der Waals surface area contributed by atoms with E-state index in [0.717, 1.165) is 6.16 Å². The number of hydrogen-bond acceptors (Lipinski definition) is 2. The van der Waals surface area contributed by atoms with Crippen molar-refractivity contribution in [3.8, 4) is 0 Å². The fourth-order valence-corrected chi connectivity index (χ4v) is 9.28. The number of fused-ring (bicyclic) bond motifs is 2. The highest BCUT2D eigenvalue weighted by molar-refractivity contribution is 8.17. The maximum Gasteiger partial charge on any atom is 0.0976 e. The van der Waals surface area contributed by atoms with Crippen LogP contribution in [0.25, 0.3) is 5.31 Å². The van der Waals surface area contributed by atoms with Crippen molar-refractivity contribution >= 4 is 23.4 Å². The molecule has 3 heteroatoms. The topological polar surface area (TPSA) is 9.23 Å². The van der Waals surface area contributed by atoms with Gasteiger partial charge in [0.15, 0.2) is 0 Å². The zero-order valence-electron chi connectivity index (χ0n) is 12.8. The average Bonchev–Trinajstić information content (AvgIpc) is 2.92. The highest BCUT2D eigenvalue weighted by Gasteiger charge is 2.58.